The highest BCUT2D eigenvalue weighted by molar-refractivity contribution is 7.46. The molecule has 2 aromatic heterocycles. The number of thiazole rings is 1. The van der Waals surface area contributed by atoms with Crippen LogP contribution in [-0.4, -0.2) is 36.3 Å². The van der Waals surface area contributed by atoms with Gasteiger partial charge >= 0.3 is 7.82 Å². The van der Waals surface area contributed by atoms with Crippen molar-refractivity contribution in [2.24, 2.45) is 0 Å². The fraction of sp³-hybridized carbons (Fsp3) is 0.217. The minimum Gasteiger partial charge on any atom is -0.341 e. The molecule has 0 radical (unpaired) electrons. The van der Waals surface area contributed by atoms with E-state index in [9.17, 15) is 18.7 Å². The first-order valence-corrected chi connectivity index (χ1v) is 13.1. The van der Waals surface area contributed by atoms with Crippen molar-refractivity contribution < 1.29 is 32.4 Å². The molecule has 0 aliphatic carbocycles. The van der Waals surface area contributed by atoms with Crippen LogP contribution in [-0.2, 0) is 26.0 Å². The Balaban J connectivity index is 1.80. The summed E-state index contributed by atoms with van der Waals surface area (Å²) in [5.74, 6) is -2.51. The van der Waals surface area contributed by atoms with Gasteiger partial charge in [-0.15, -0.1) is 11.3 Å². The van der Waals surface area contributed by atoms with Gasteiger partial charge in [-0.05, 0) is 18.2 Å². The molecular weight excluding hydrogens is 527 g/mol. The van der Waals surface area contributed by atoms with Crippen molar-refractivity contribution in [2.75, 3.05) is 6.79 Å². The van der Waals surface area contributed by atoms with Crippen molar-refractivity contribution >= 4 is 19.2 Å². The molecule has 0 spiro atoms. The van der Waals surface area contributed by atoms with Gasteiger partial charge < -0.3 is 14.5 Å². The fourth-order valence-electron chi connectivity index (χ4n) is 3.83. The Morgan fingerprint density at radius 2 is 2.00 bits per heavy atom. The van der Waals surface area contributed by atoms with E-state index in [2.05, 4.69) is 25.7 Å². The summed E-state index contributed by atoms with van der Waals surface area (Å²) in [6.45, 7) is 0.611. The van der Waals surface area contributed by atoms with Gasteiger partial charge in [0.1, 0.15) is 29.9 Å². The van der Waals surface area contributed by atoms with E-state index in [1.807, 2.05) is 0 Å². The maximum atomic E-state index is 15.2. The van der Waals surface area contributed by atoms with Gasteiger partial charge in [0.25, 0.3) is 0 Å². The summed E-state index contributed by atoms with van der Waals surface area (Å²) < 4.78 is 52.2. The molecule has 2 aromatic carbocycles. The van der Waals surface area contributed by atoms with Crippen molar-refractivity contribution in [3.63, 3.8) is 0 Å². The predicted molar refractivity (Wildman–Crippen MR) is 128 cm³/mol. The number of hydrogen-bond donors (Lipinski definition) is 2. The van der Waals surface area contributed by atoms with Crippen molar-refractivity contribution in [3.05, 3.63) is 88.3 Å². The number of ether oxygens (including phenoxy) is 1. The van der Waals surface area contributed by atoms with E-state index in [0.717, 1.165) is 11.6 Å². The van der Waals surface area contributed by atoms with Crippen LogP contribution in [0.15, 0.2) is 60.5 Å². The number of nitrogens with zero attached hydrogens (tertiary/aromatic N) is 5. The van der Waals surface area contributed by atoms with Gasteiger partial charge in [0, 0.05) is 28.5 Å². The first kappa shape index (κ1) is 26.7. The highest BCUT2D eigenvalue weighted by Crippen LogP contribution is 2.45. The second-order valence-corrected chi connectivity index (χ2v) is 10.1. The van der Waals surface area contributed by atoms with Crippen molar-refractivity contribution in [1.29, 1.82) is 5.26 Å². The van der Waals surface area contributed by atoms with E-state index < -0.39 is 37.8 Å². The van der Waals surface area contributed by atoms with Crippen LogP contribution < -0.4 is 0 Å². The van der Waals surface area contributed by atoms with Gasteiger partial charge in [0.15, 0.2) is 6.79 Å². The Morgan fingerprint density at radius 3 is 2.62 bits per heavy atom. The molecule has 2 N–H and O–H groups in total. The Labute approximate surface area is 214 Å². The average Bonchev–Trinajstić information content (AvgIpc) is 3.55. The number of hydrogen-bond acceptors (Lipinski definition) is 8. The first-order valence-electron chi connectivity index (χ1n) is 10.7. The van der Waals surface area contributed by atoms with Gasteiger partial charge in [-0.3, -0.25) is 4.52 Å². The lowest BCUT2D eigenvalue weighted by Crippen LogP contribution is -2.41. The molecule has 0 saturated heterocycles. The largest absolute Gasteiger partial charge is 0.471 e. The minimum atomic E-state index is -4.93. The van der Waals surface area contributed by atoms with Crippen LogP contribution in [0.2, 0.25) is 0 Å². The summed E-state index contributed by atoms with van der Waals surface area (Å²) in [5, 5.41) is 15.4. The number of benzene rings is 2. The molecule has 2 heterocycles. The average molecular weight is 547 g/mol. The van der Waals surface area contributed by atoms with Crippen LogP contribution in [0, 0.1) is 23.0 Å². The zero-order valence-electron chi connectivity index (χ0n) is 19.2. The molecule has 0 amide bonds. The van der Waals surface area contributed by atoms with E-state index in [4.69, 9.17) is 10.00 Å². The second kappa shape index (κ2) is 10.9. The Kier molecular flexibility index (Phi) is 7.89. The van der Waals surface area contributed by atoms with Crippen LogP contribution in [0.5, 0.6) is 0 Å². The summed E-state index contributed by atoms with van der Waals surface area (Å²) in [6, 6.07) is 11.8. The Morgan fingerprint density at radius 1 is 1.24 bits per heavy atom. The van der Waals surface area contributed by atoms with Crippen LogP contribution in [0.1, 0.15) is 29.0 Å². The molecule has 0 aliphatic rings. The van der Waals surface area contributed by atoms with E-state index in [1.54, 1.807) is 36.6 Å². The quantitative estimate of drug-likeness (QED) is 0.219. The number of phosphoric ester groups is 1. The molecule has 2 unspecified atom stereocenters. The summed E-state index contributed by atoms with van der Waals surface area (Å²) in [7, 11) is -4.93. The van der Waals surface area contributed by atoms with Crippen molar-refractivity contribution in [2.45, 2.75) is 25.0 Å². The molecule has 14 heteroatoms. The Hall–Kier alpha value is -3.37. The number of aromatic nitrogens is 4. The zero-order valence-corrected chi connectivity index (χ0v) is 20.9. The summed E-state index contributed by atoms with van der Waals surface area (Å²) >= 11 is 1.25. The third-order valence-corrected chi connectivity index (χ3v) is 7.16. The second-order valence-electron chi connectivity index (χ2n) is 7.97. The third-order valence-electron chi connectivity index (χ3n) is 5.69. The summed E-state index contributed by atoms with van der Waals surface area (Å²) in [5.41, 5.74) is 0.0257. The SMILES string of the molecule is CC(c1nc(-c2ccc(C#N)cc2)cs1)C(Cn1cncn1)(OCOP(=O)(O)O)c1ccc(F)cc1F. The van der Waals surface area contributed by atoms with Gasteiger partial charge in [-0.2, -0.15) is 10.4 Å². The van der Waals surface area contributed by atoms with Crippen LogP contribution in [0.3, 0.4) is 0 Å². The monoisotopic (exact) mass is 547 g/mol. The van der Waals surface area contributed by atoms with E-state index in [1.165, 1.54) is 34.7 Å². The number of halogens is 2. The highest BCUT2D eigenvalue weighted by Gasteiger charge is 2.45. The molecule has 192 valence electrons. The predicted octanol–water partition coefficient (Wildman–Crippen LogP) is 4.33. The molecule has 0 aliphatic heterocycles. The smallest absolute Gasteiger partial charge is 0.341 e. The van der Waals surface area contributed by atoms with Crippen LogP contribution in [0.4, 0.5) is 8.78 Å². The highest BCUT2D eigenvalue weighted by atomic mass is 32.1. The number of nitriles is 1. The van der Waals surface area contributed by atoms with Crippen molar-refractivity contribution in [3.8, 4) is 17.3 Å². The zero-order chi connectivity index (χ0) is 26.6. The summed E-state index contributed by atoms with van der Waals surface area (Å²) in [4.78, 5) is 26.9. The molecule has 0 saturated carbocycles. The lowest BCUT2D eigenvalue weighted by atomic mass is 9.81. The van der Waals surface area contributed by atoms with Gasteiger partial charge in [0.05, 0.1) is 28.9 Å². The normalized spacial score (nSPS) is 14.2. The summed E-state index contributed by atoms with van der Waals surface area (Å²) in [6.07, 6.45) is 2.62. The maximum Gasteiger partial charge on any atom is 0.471 e. The third kappa shape index (κ3) is 6.14. The van der Waals surface area contributed by atoms with E-state index in [-0.39, 0.29) is 12.1 Å². The maximum absolute atomic E-state index is 15.2. The number of phosphoric acid groups is 1. The van der Waals surface area contributed by atoms with Crippen LogP contribution in [0.25, 0.3) is 11.3 Å². The van der Waals surface area contributed by atoms with Crippen molar-refractivity contribution in [1.82, 2.24) is 19.7 Å². The molecular formula is C23H20F2N5O5PS. The molecule has 0 fully saturated rings. The van der Waals surface area contributed by atoms with Crippen LogP contribution >= 0.6 is 19.2 Å². The van der Waals surface area contributed by atoms with Gasteiger partial charge in [0.2, 0.25) is 0 Å². The van der Waals surface area contributed by atoms with E-state index >= 15 is 4.39 Å². The Bertz CT molecular complexity index is 1460. The standard InChI is InChI=1S/C23H20F2N5O5PS/c1-15(22-29-21(10-37-22)17-4-2-16(9-26)3-5-17)23(11-30-13-27-12-28-30,34-14-35-36(31,32)33)19-7-6-18(24)8-20(19)25/h2-8,10,12-13,15H,11,14H2,1H3,(H2,31,32,33). The molecule has 2 atom stereocenters. The molecule has 10 nitrogen and oxygen atoms in total. The minimum absolute atomic E-state index is 0.0960. The fourth-order valence-corrected chi connectivity index (χ4v) is 4.98. The topological polar surface area (TPSA) is 143 Å². The first-order chi connectivity index (χ1) is 17.6. The molecule has 37 heavy (non-hydrogen) atoms. The van der Waals surface area contributed by atoms with Gasteiger partial charge in [-0.1, -0.05) is 25.1 Å². The molecule has 4 aromatic rings. The lowest BCUT2D eigenvalue weighted by molar-refractivity contribution is -0.140. The molecule has 0 bridgehead atoms. The number of rotatable bonds is 10. The lowest BCUT2D eigenvalue weighted by Gasteiger charge is -2.38. The van der Waals surface area contributed by atoms with E-state index in [0.29, 0.717) is 22.3 Å². The van der Waals surface area contributed by atoms with Gasteiger partial charge in [-0.25, -0.2) is 28.0 Å². The molecule has 4 rings (SSSR count).